The van der Waals surface area contributed by atoms with Crippen LogP contribution in [-0.4, -0.2) is 9.97 Å². The Balaban J connectivity index is 2.21. The fourth-order valence-corrected chi connectivity index (χ4v) is 3.35. The highest BCUT2D eigenvalue weighted by Gasteiger charge is 2.14. The molecule has 0 aliphatic carbocycles. The van der Waals surface area contributed by atoms with Crippen molar-refractivity contribution in [2.45, 2.75) is 26.8 Å². The lowest BCUT2D eigenvalue weighted by molar-refractivity contribution is 0.879. The number of pyridine rings is 1. The Bertz CT molecular complexity index is 570. The largest absolute Gasteiger partial charge is 0.361 e. The third-order valence-corrected chi connectivity index (χ3v) is 4.47. The van der Waals surface area contributed by atoms with Gasteiger partial charge < -0.3 is 5.32 Å². The van der Waals surface area contributed by atoms with Gasteiger partial charge in [-0.1, -0.05) is 11.6 Å². The first-order valence-electron chi connectivity index (χ1n) is 5.49. The maximum Gasteiger partial charge on any atom is 0.145 e. The molecular weight excluding hydrogens is 334 g/mol. The van der Waals surface area contributed by atoms with E-state index in [1.165, 1.54) is 4.88 Å². The van der Waals surface area contributed by atoms with E-state index in [2.05, 4.69) is 38.1 Å². The van der Waals surface area contributed by atoms with E-state index in [0.29, 0.717) is 10.8 Å². The smallest absolute Gasteiger partial charge is 0.145 e. The van der Waals surface area contributed by atoms with Crippen LogP contribution in [0.5, 0.6) is 0 Å². The average molecular weight is 347 g/mol. The Kier molecular flexibility index (Phi) is 4.25. The van der Waals surface area contributed by atoms with Crippen molar-refractivity contribution < 1.29 is 0 Å². The van der Waals surface area contributed by atoms with E-state index in [-0.39, 0.29) is 6.04 Å². The highest BCUT2D eigenvalue weighted by molar-refractivity contribution is 9.10. The summed E-state index contributed by atoms with van der Waals surface area (Å²) in [5, 5.41) is 5.00. The van der Waals surface area contributed by atoms with Crippen LogP contribution in [0.25, 0.3) is 0 Å². The van der Waals surface area contributed by atoms with Gasteiger partial charge in [0.25, 0.3) is 0 Å². The molecule has 18 heavy (non-hydrogen) atoms. The molecule has 1 atom stereocenters. The SMILES string of the molecule is Cc1nc(C)c(C(C)Nc2ncc(Br)cc2Cl)s1. The van der Waals surface area contributed by atoms with E-state index in [1.807, 2.05) is 19.9 Å². The lowest BCUT2D eigenvalue weighted by atomic mass is 10.2. The summed E-state index contributed by atoms with van der Waals surface area (Å²) in [6.45, 7) is 6.12. The van der Waals surface area contributed by atoms with Crippen LogP contribution in [0.1, 0.15) is 28.5 Å². The van der Waals surface area contributed by atoms with Crippen LogP contribution in [0, 0.1) is 13.8 Å². The van der Waals surface area contributed by atoms with Crippen LogP contribution in [0.2, 0.25) is 5.02 Å². The molecule has 0 amide bonds. The molecule has 0 fully saturated rings. The molecule has 3 nitrogen and oxygen atoms in total. The average Bonchev–Trinajstić information content (AvgIpc) is 2.62. The van der Waals surface area contributed by atoms with Crippen LogP contribution in [-0.2, 0) is 0 Å². The lowest BCUT2D eigenvalue weighted by Crippen LogP contribution is -2.08. The number of aromatic nitrogens is 2. The Morgan fingerprint density at radius 2 is 2.17 bits per heavy atom. The molecule has 0 aromatic carbocycles. The molecule has 2 aromatic rings. The molecule has 1 N–H and O–H groups in total. The summed E-state index contributed by atoms with van der Waals surface area (Å²) in [6, 6.07) is 1.97. The zero-order chi connectivity index (χ0) is 13.3. The topological polar surface area (TPSA) is 37.8 Å². The lowest BCUT2D eigenvalue weighted by Gasteiger charge is -2.14. The molecule has 0 bridgehead atoms. The summed E-state index contributed by atoms with van der Waals surface area (Å²) in [4.78, 5) is 9.92. The molecule has 1 unspecified atom stereocenters. The van der Waals surface area contributed by atoms with E-state index in [9.17, 15) is 0 Å². The van der Waals surface area contributed by atoms with E-state index >= 15 is 0 Å². The van der Waals surface area contributed by atoms with Gasteiger partial charge in [-0.15, -0.1) is 11.3 Å². The molecule has 0 spiro atoms. The van der Waals surface area contributed by atoms with Crippen molar-refractivity contribution in [1.29, 1.82) is 0 Å². The van der Waals surface area contributed by atoms with E-state index in [4.69, 9.17) is 11.6 Å². The first-order chi connectivity index (χ1) is 8.47. The number of nitrogens with one attached hydrogen (secondary N) is 1. The Hall–Kier alpha value is -0.650. The Morgan fingerprint density at radius 1 is 1.44 bits per heavy atom. The van der Waals surface area contributed by atoms with Gasteiger partial charge in [-0.3, -0.25) is 0 Å². The fourth-order valence-electron chi connectivity index (χ4n) is 1.74. The molecule has 2 heterocycles. The van der Waals surface area contributed by atoms with Gasteiger partial charge in [0.1, 0.15) is 5.82 Å². The maximum absolute atomic E-state index is 6.14. The number of aryl methyl sites for hydroxylation is 2. The molecule has 6 heteroatoms. The summed E-state index contributed by atoms with van der Waals surface area (Å²) in [6.07, 6.45) is 1.73. The monoisotopic (exact) mass is 345 g/mol. The van der Waals surface area contributed by atoms with Gasteiger partial charge in [0.15, 0.2) is 0 Å². The van der Waals surface area contributed by atoms with Crippen molar-refractivity contribution in [3.05, 3.63) is 37.3 Å². The van der Waals surface area contributed by atoms with Crippen molar-refractivity contribution >= 4 is 44.7 Å². The number of hydrogen-bond donors (Lipinski definition) is 1. The second kappa shape index (κ2) is 5.55. The van der Waals surface area contributed by atoms with Gasteiger partial charge in [0, 0.05) is 15.5 Å². The van der Waals surface area contributed by atoms with Crippen LogP contribution < -0.4 is 5.32 Å². The number of rotatable bonds is 3. The number of hydrogen-bond acceptors (Lipinski definition) is 4. The maximum atomic E-state index is 6.14. The molecular formula is C12H13BrClN3S. The predicted octanol–water partition coefficient (Wildman–Crippen LogP) is 4.74. The van der Waals surface area contributed by atoms with Gasteiger partial charge in [-0.25, -0.2) is 9.97 Å². The van der Waals surface area contributed by atoms with Crippen molar-refractivity contribution in [1.82, 2.24) is 9.97 Å². The summed E-state index contributed by atoms with van der Waals surface area (Å²) < 4.78 is 0.871. The molecule has 0 radical (unpaired) electrons. The number of thiazole rings is 1. The minimum Gasteiger partial charge on any atom is -0.361 e. The van der Waals surface area contributed by atoms with Gasteiger partial charge in [0.2, 0.25) is 0 Å². The van der Waals surface area contributed by atoms with Crippen molar-refractivity contribution in [3.63, 3.8) is 0 Å². The van der Waals surface area contributed by atoms with Crippen molar-refractivity contribution in [3.8, 4) is 0 Å². The van der Waals surface area contributed by atoms with E-state index in [0.717, 1.165) is 15.2 Å². The van der Waals surface area contributed by atoms with Crippen LogP contribution in [0.4, 0.5) is 5.82 Å². The first kappa shape index (κ1) is 13.8. The number of anilines is 1. The zero-order valence-electron chi connectivity index (χ0n) is 10.3. The minimum atomic E-state index is 0.141. The molecule has 96 valence electrons. The summed E-state index contributed by atoms with van der Waals surface area (Å²) in [7, 11) is 0. The van der Waals surface area contributed by atoms with E-state index < -0.39 is 0 Å². The summed E-state index contributed by atoms with van der Waals surface area (Å²) in [5.41, 5.74) is 1.06. The summed E-state index contributed by atoms with van der Waals surface area (Å²) >= 11 is 11.2. The zero-order valence-corrected chi connectivity index (χ0v) is 13.4. The molecule has 2 rings (SSSR count). The second-order valence-electron chi connectivity index (χ2n) is 4.03. The highest BCUT2D eigenvalue weighted by atomic mass is 79.9. The Labute approximate surface area is 124 Å². The fraction of sp³-hybridized carbons (Fsp3) is 0.333. The third-order valence-electron chi connectivity index (χ3n) is 2.49. The third kappa shape index (κ3) is 3.02. The highest BCUT2D eigenvalue weighted by Crippen LogP contribution is 2.30. The van der Waals surface area contributed by atoms with E-state index in [1.54, 1.807) is 17.5 Å². The Morgan fingerprint density at radius 3 is 2.72 bits per heavy atom. The van der Waals surface area contributed by atoms with Gasteiger partial charge in [-0.2, -0.15) is 0 Å². The predicted molar refractivity (Wildman–Crippen MR) is 80.6 cm³/mol. The van der Waals surface area contributed by atoms with Crippen LogP contribution in [0.3, 0.4) is 0 Å². The molecule has 0 saturated heterocycles. The molecule has 2 aromatic heterocycles. The van der Waals surface area contributed by atoms with Crippen molar-refractivity contribution in [2.75, 3.05) is 5.32 Å². The quantitative estimate of drug-likeness (QED) is 0.872. The second-order valence-corrected chi connectivity index (χ2v) is 6.59. The standard InChI is InChI=1S/C12H13BrClN3S/c1-6-11(18-8(3)16-6)7(2)17-12-10(14)4-9(13)5-15-12/h4-5,7H,1-3H3,(H,15,17). The van der Waals surface area contributed by atoms with Gasteiger partial charge in [0.05, 0.1) is 21.8 Å². The first-order valence-corrected chi connectivity index (χ1v) is 7.47. The van der Waals surface area contributed by atoms with Crippen molar-refractivity contribution in [2.24, 2.45) is 0 Å². The molecule has 0 saturated carbocycles. The van der Waals surface area contributed by atoms with Gasteiger partial charge >= 0.3 is 0 Å². The summed E-state index contributed by atoms with van der Waals surface area (Å²) in [5.74, 6) is 0.692. The number of nitrogens with zero attached hydrogens (tertiary/aromatic N) is 2. The number of halogens is 2. The minimum absolute atomic E-state index is 0.141. The molecule has 0 aliphatic rings. The van der Waals surface area contributed by atoms with Crippen LogP contribution >= 0.6 is 38.9 Å². The normalized spacial score (nSPS) is 12.5. The molecule has 0 aliphatic heterocycles. The van der Waals surface area contributed by atoms with Crippen LogP contribution in [0.15, 0.2) is 16.7 Å². The van der Waals surface area contributed by atoms with Gasteiger partial charge in [-0.05, 0) is 42.8 Å².